The minimum absolute atomic E-state index is 0.248. The van der Waals surface area contributed by atoms with Crippen LogP contribution < -0.4 is 5.32 Å². The maximum Gasteiger partial charge on any atom is 0.229 e. The molecular weight excluding hydrogens is 410 g/mol. The van der Waals surface area contributed by atoms with Crippen LogP contribution in [0.2, 0.25) is 0 Å². The lowest BCUT2D eigenvalue weighted by Crippen LogP contribution is -2.13. The van der Waals surface area contributed by atoms with Crippen molar-refractivity contribution in [2.24, 2.45) is 0 Å². The molecule has 1 aliphatic heterocycles. The highest BCUT2D eigenvalue weighted by atomic mass is 32.3. The zero-order valence-corrected chi connectivity index (χ0v) is 18.9. The van der Waals surface area contributed by atoms with E-state index >= 15 is 0 Å². The highest BCUT2D eigenvalue weighted by Crippen LogP contribution is 2.45. The van der Waals surface area contributed by atoms with Crippen molar-refractivity contribution < 1.29 is 4.55 Å². The largest absolute Gasteiger partial charge is 0.352 e. The molecule has 0 radical (unpaired) electrons. The molecule has 0 spiro atoms. The van der Waals surface area contributed by atoms with Gasteiger partial charge < -0.3 is 9.87 Å². The van der Waals surface area contributed by atoms with E-state index in [2.05, 4.69) is 25.0 Å². The number of aromatic nitrogens is 6. The lowest BCUT2D eigenvalue weighted by molar-refractivity contribution is 0.425. The average Bonchev–Trinajstić information content (AvgIpc) is 2.95. The van der Waals surface area contributed by atoms with Crippen LogP contribution in [0.15, 0.2) is 30.7 Å². The first kappa shape index (κ1) is 20.1. The fraction of sp³-hybridized carbons (Fsp3) is 0.409. The predicted molar refractivity (Wildman–Crippen MR) is 126 cm³/mol. The number of benzene rings is 1. The summed E-state index contributed by atoms with van der Waals surface area (Å²) in [5.74, 6) is 2.30. The third-order valence-corrected chi connectivity index (χ3v) is 8.34. The number of anilines is 2. The molecule has 1 fully saturated rings. The Morgan fingerprint density at radius 2 is 1.84 bits per heavy atom. The van der Waals surface area contributed by atoms with Gasteiger partial charge in [0.25, 0.3) is 0 Å². The summed E-state index contributed by atoms with van der Waals surface area (Å²) < 4.78 is 12.6. The zero-order valence-electron chi connectivity index (χ0n) is 18.0. The van der Waals surface area contributed by atoms with Gasteiger partial charge in [-0.3, -0.25) is 9.97 Å². The molecule has 5 rings (SSSR count). The van der Waals surface area contributed by atoms with Crippen LogP contribution in [0.5, 0.6) is 0 Å². The van der Waals surface area contributed by atoms with E-state index in [0.717, 1.165) is 69.8 Å². The van der Waals surface area contributed by atoms with Crippen molar-refractivity contribution in [2.45, 2.75) is 39.2 Å². The van der Waals surface area contributed by atoms with Crippen LogP contribution in [0.1, 0.15) is 36.6 Å². The number of fused-ring (bicyclic) bond motifs is 2. The van der Waals surface area contributed by atoms with Crippen molar-refractivity contribution in [1.29, 1.82) is 0 Å². The minimum Gasteiger partial charge on any atom is -0.352 e. The van der Waals surface area contributed by atoms with E-state index < -0.39 is 10.3 Å². The van der Waals surface area contributed by atoms with Gasteiger partial charge in [0.15, 0.2) is 5.65 Å². The topological polar surface area (TPSA) is 102 Å². The molecule has 0 saturated carbocycles. The molecule has 2 atom stereocenters. The Bertz CT molecular complexity index is 1270. The molecular formula is C22H27N7OS. The van der Waals surface area contributed by atoms with Gasteiger partial charge in [0.05, 0.1) is 28.2 Å². The van der Waals surface area contributed by atoms with Crippen molar-refractivity contribution in [1.82, 2.24) is 29.7 Å². The Hall–Kier alpha value is -2.78. The molecule has 31 heavy (non-hydrogen) atoms. The highest BCUT2D eigenvalue weighted by molar-refractivity contribution is 8.28. The standard InChI is InChI=1S/C22H27N7OS/c1-14-11-19-20(24-8-7-23-19)12-18(14)26-22-25-13-17-15(2)28-29(21(17)27-22)16-5-4-9-31(3,30)10-6-16/h7-8,11-13,16,30H,4-6,9-10H2,1-3H3,(H,25,26,27). The molecule has 3 aromatic heterocycles. The van der Waals surface area contributed by atoms with Gasteiger partial charge in [-0.15, -0.1) is 10.3 Å². The van der Waals surface area contributed by atoms with E-state index in [0.29, 0.717) is 5.95 Å². The number of rotatable bonds is 3. The maximum atomic E-state index is 10.6. The number of hydrogen-bond acceptors (Lipinski definition) is 7. The maximum absolute atomic E-state index is 10.6. The minimum atomic E-state index is -1.48. The highest BCUT2D eigenvalue weighted by Gasteiger charge is 2.26. The summed E-state index contributed by atoms with van der Waals surface area (Å²) in [6.07, 6.45) is 10.2. The van der Waals surface area contributed by atoms with Gasteiger partial charge in [-0.1, -0.05) is 0 Å². The van der Waals surface area contributed by atoms with Crippen LogP contribution in [0.25, 0.3) is 22.1 Å². The summed E-state index contributed by atoms with van der Waals surface area (Å²) in [6.45, 7) is 4.03. The Labute approximate surface area is 182 Å². The number of nitrogens with one attached hydrogen (secondary N) is 1. The summed E-state index contributed by atoms with van der Waals surface area (Å²) in [7, 11) is -1.48. The molecule has 4 aromatic rings. The van der Waals surface area contributed by atoms with Gasteiger partial charge in [-0.2, -0.15) is 10.1 Å². The number of nitrogens with zero attached hydrogens (tertiary/aromatic N) is 6. The van der Waals surface area contributed by atoms with E-state index in [4.69, 9.17) is 10.1 Å². The molecule has 9 heteroatoms. The van der Waals surface area contributed by atoms with Gasteiger partial charge in [-0.25, -0.2) is 9.67 Å². The Morgan fingerprint density at radius 3 is 2.65 bits per heavy atom. The Morgan fingerprint density at radius 1 is 1.06 bits per heavy atom. The molecule has 1 aromatic carbocycles. The molecule has 0 amide bonds. The first-order valence-electron chi connectivity index (χ1n) is 10.6. The first-order valence-corrected chi connectivity index (χ1v) is 12.9. The van der Waals surface area contributed by atoms with Crippen LogP contribution >= 0.6 is 10.3 Å². The SMILES string of the molecule is Cc1cc2nccnc2cc1Nc1ncc2c(C)nn(C3CCCS(C)(O)CC3)c2n1. The molecule has 2 unspecified atom stereocenters. The third kappa shape index (κ3) is 3.95. The van der Waals surface area contributed by atoms with Crippen molar-refractivity contribution in [3.05, 3.63) is 42.0 Å². The molecule has 1 aliphatic rings. The zero-order chi connectivity index (χ0) is 21.6. The van der Waals surface area contributed by atoms with Gasteiger partial charge in [0.2, 0.25) is 5.95 Å². The van der Waals surface area contributed by atoms with Gasteiger partial charge in [0.1, 0.15) is 0 Å². The molecule has 8 nitrogen and oxygen atoms in total. The number of hydrogen-bond donors (Lipinski definition) is 2. The fourth-order valence-electron chi connectivity index (χ4n) is 4.26. The molecule has 2 N–H and O–H groups in total. The Balaban J connectivity index is 1.50. The second-order valence-electron chi connectivity index (χ2n) is 8.51. The first-order chi connectivity index (χ1) is 14.9. The second kappa shape index (κ2) is 7.72. The van der Waals surface area contributed by atoms with Gasteiger partial charge in [-0.05, 0) is 62.8 Å². The number of aryl methyl sites for hydroxylation is 2. The van der Waals surface area contributed by atoms with Crippen molar-refractivity contribution >= 4 is 44.0 Å². The summed E-state index contributed by atoms with van der Waals surface area (Å²) in [6, 6.07) is 4.24. The van der Waals surface area contributed by atoms with Crippen LogP contribution in [0.4, 0.5) is 11.6 Å². The van der Waals surface area contributed by atoms with E-state index in [9.17, 15) is 4.55 Å². The average molecular weight is 438 g/mol. The van der Waals surface area contributed by atoms with Crippen molar-refractivity contribution in [3.8, 4) is 0 Å². The normalized spacial score (nSPS) is 24.1. The smallest absolute Gasteiger partial charge is 0.229 e. The van der Waals surface area contributed by atoms with E-state index in [-0.39, 0.29) is 6.04 Å². The lowest BCUT2D eigenvalue weighted by Gasteiger charge is -2.27. The molecule has 4 heterocycles. The van der Waals surface area contributed by atoms with Crippen LogP contribution in [-0.4, -0.2) is 52.0 Å². The van der Waals surface area contributed by atoms with E-state index in [1.807, 2.05) is 38.4 Å². The molecule has 162 valence electrons. The van der Waals surface area contributed by atoms with Crippen LogP contribution in [-0.2, 0) is 0 Å². The van der Waals surface area contributed by atoms with E-state index in [1.165, 1.54) is 0 Å². The third-order valence-electron chi connectivity index (χ3n) is 6.05. The van der Waals surface area contributed by atoms with Gasteiger partial charge >= 0.3 is 0 Å². The van der Waals surface area contributed by atoms with Crippen molar-refractivity contribution in [3.63, 3.8) is 0 Å². The molecule has 0 bridgehead atoms. The van der Waals surface area contributed by atoms with Crippen LogP contribution in [0, 0.1) is 13.8 Å². The monoisotopic (exact) mass is 437 g/mol. The molecule has 0 aliphatic carbocycles. The summed E-state index contributed by atoms with van der Waals surface area (Å²) >= 11 is 0. The predicted octanol–water partition coefficient (Wildman–Crippen LogP) is 4.76. The van der Waals surface area contributed by atoms with E-state index in [1.54, 1.807) is 12.4 Å². The molecule has 1 saturated heterocycles. The second-order valence-corrected chi connectivity index (χ2v) is 11.8. The lowest BCUT2D eigenvalue weighted by atomic mass is 10.1. The summed E-state index contributed by atoms with van der Waals surface area (Å²) in [5, 5.41) is 9.13. The van der Waals surface area contributed by atoms with Gasteiger partial charge in [0, 0.05) is 30.0 Å². The van der Waals surface area contributed by atoms with Crippen LogP contribution in [0.3, 0.4) is 0 Å². The Kier molecular flexibility index (Phi) is 5.02. The summed E-state index contributed by atoms with van der Waals surface area (Å²) in [5.41, 5.74) is 5.42. The van der Waals surface area contributed by atoms with Crippen molar-refractivity contribution in [2.75, 3.05) is 23.1 Å². The fourth-order valence-corrected chi connectivity index (χ4v) is 6.03. The summed E-state index contributed by atoms with van der Waals surface area (Å²) in [4.78, 5) is 18.1. The quantitative estimate of drug-likeness (QED) is 0.476.